The number of rotatable bonds is 5. The Morgan fingerprint density at radius 3 is 2.73 bits per heavy atom. The van der Waals surface area contributed by atoms with Gasteiger partial charge in [0.2, 0.25) is 10.0 Å². The van der Waals surface area contributed by atoms with E-state index < -0.39 is 28.0 Å². The van der Waals surface area contributed by atoms with Crippen molar-refractivity contribution < 1.29 is 22.7 Å². The molecular formula is C18H18N2O5S. The third-order valence-corrected chi connectivity index (χ3v) is 4.49. The first kappa shape index (κ1) is 17.9. The maximum absolute atomic E-state index is 12.3. The SMILES string of the molecule is CS(=O)(=O)Nc1cccc(CNC(=O)[C@@H]2Cc3ccccc3C(=O)O2)c1. The summed E-state index contributed by atoms with van der Waals surface area (Å²) in [7, 11) is -3.37. The van der Waals surface area contributed by atoms with Gasteiger partial charge in [0.1, 0.15) is 0 Å². The van der Waals surface area contributed by atoms with E-state index in [2.05, 4.69) is 10.0 Å². The monoisotopic (exact) mass is 374 g/mol. The highest BCUT2D eigenvalue weighted by molar-refractivity contribution is 7.92. The molecule has 0 saturated carbocycles. The summed E-state index contributed by atoms with van der Waals surface area (Å²) in [6, 6.07) is 13.7. The molecule has 0 unspecified atom stereocenters. The first-order valence-corrected chi connectivity index (χ1v) is 9.84. The Morgan fingerprint density at radius 2 is 1.96 bits per heavy atom. The van der Waals surface area contributed by atoms with E-state index >= 15 is 0 Å². The number of hydrogen-bond donors (Lipinski definition) is 2. The number of carbonyl (C=O) groups excluding carboxylic acids is 2. The fraction of sp³-hybridized carbons (Fsp3) is 0.222. The minimum absolute atomic E-state index is 0.188. The van der Waals surface area contributed by atoms with Crippen molar-refractivity contribution >= 4 is 27.6 Å². The predicted molar refractivity (Wildman–Crippen MR) is 96.1 cm³/mol. The van der Waals surface area contributed by atoms with Crippen LogP contribution in [-0.4, -0.2) is 32.7 Å². The summed E-state index contributed by atoms with van der Waals surface area (Å²) in [6.07, 6.45) is 0.509. The number of nitrogens with one attached hydrogen (secondary N) is 2. The molecule has 8 heteroatoms. The lowest BCUT2D eigenvalue weighted by molar-refractivity contribution is -0.130. The van der Waals surface area contributed by atoms with Gasteiger partial charge in [-0.2, -0.15) is 0 Å². The topological polar surface area (TPSA) is 102 Å². The van der Waals surface area contributed by atoms with Crippen molar-refractivity contribution in [3.63, 3.8) is 0 Å². The number of benzene rings is 2. The Labute approximate surface area is 151 Å². The lowest BCUT2D eigenvalue weighted by atomic mass is 9.98. The van der Waals surface area contributed by atoms with Crippen LogP contribution in [0, 0.1) is 0 Å². The van der Waals surface area contributed by atoms with Crippen LogP contribution in [0.5, 0.6) is 0 Å². The molecule has 0 bridgehead atoms. The molecule has 0 aromatic heterocycles. The largest absolute Gasteiger partial charge is 0.448 e. The van der Waals surface area contributed by atoms with Gasteiger partial charge < -0.3 is 10.1 Å². The molecule has 1 atom stereocenters. The summed E-state index contributed by atoms with van der Waals surface area (Å²) in [6.45, 7) is 0.188. The standard InChI is InChI=1S/C18H18N2O5S/c1-26(23,24)20-14-7-4-5-12(9-14)11-19-17(21)16-10-13-6-2-3-8-15(13)18(22)25-16/h2-9,16,20H,10-11H2,1H3,(H,19,21)/t16-/m0/s1. The van der Waals surface area contributed by atoms with Gasteiger partial charge >= 0.3 is 5.97 Å². The molecular weight excluding hydrogens is 356 g/mol. The van der Waals surface area contributed by atoms with Crippen LogP contribution in [0.1, 0.15) is 21.5 Å². The van der Waals surface area contributed by atoms with Crippen LogP contribution in [0.15, 0.2) is 48.5 Å². The maximum Gasteiger partial charge on any atom is 0.339 e. The Hall–Kier alpha value is -2.87. The minimum Gasteiger partial charge on any atom is -0.448 e. The third kappa shape index (κ3) is 4.40. The van der Waals surface area contributed by atoms with Crippen molar-refractivity contribution in [2.45, 2.75) is 19.1 Å². The Kier molecular flexibility index (Phi) is 4.94. The lowest BCUT2D eigenvalue weighted by Crippen LogP contribution is -2.41. The molecule has 2 aromatic rings. The zero-order valence-electron chi connectivity index (χ0n) is 14.1. The summed E-state index contributed by atoms with van der Waals surface area (Å²) in [5.74, 6) is -0.902. The number of anilines is 1. The molecule has 26 heavy (non-hydrogen) atoms. The molecule has 0 fully saturated rings. The smallest absolute Gasteiger partial charge is 0.339 e. The van der Waals surface area contributed by atoms with Crippen LogP contribution >= 0.6 is 0 Å². The highest BCUT2D eigenvalue weighted by Crippen LogP contribution is 2.20. The van der Waals surface area contributed by atoms with E-state index in [0.29, 0.717) is 17.7 Å². The van der Waals surface area contributed by atoms with Crippen molar-refractivity contribution in [3.8, 4) is 0 Å². The van der Waals surface area contributed by atoms with Crippen molar-refractivity contribution in [2.75, 3.05) is 11.0 Å². The van der Waals surface area contributed by atoms with E-state index in [9.17, 15) is 18.0 Å². The molecule has 7 nitrogen and oxygen atoms in total. The van der Waals surface area contributed by atoms with Crippen LogP contribution in [-0.2, 0) is 32.5 Å². The van der Waals surface area contributed by atoms with Gasteiger partial charge in [-0.05, 0) is 29.3 Å². The molecule has 0 aliphatic carbocycles. The van der Waals surface area contributed by atoms with Gasteiger partial charge in [0.05, 0.1) is 11.8 Å². The molecule has 3 rings (SSSR count). The van der Waals surface area contributed by atoms with E-state index in [-0.39, 0.29) is 6.54 Å². The number of cyclic esters (lactones) is 1. The first-order chi connectivity index (χ1) is 12.3. The summed E-state index contributed by atoms with van der Waals surface area (Å²) in [5, 5.41) is 2.72. The van der Waals surface area contributed by atoms with Gasteiger partial charge in [0.25, 0.3) is 5.91 Å². The molecule has 1 heterocycles. The number of amides is 1. The summed E-state index contributed by atoms with van der Waals surface area (Å²) >= 11 is 0. The summed E-state index contributed by atoms with van der Waals surface area (Å²) in [5.41, 5.74) is 2.39. The molecule has 1 amide bonds. The summed E-state index contributed by atoms with van der Waals surface area (Å²) < 4.78 is 30.2. The highest BCUT2D eigenvalue weighted by Gasteiger charge is 2.30. The quantitative estimate of drug-likeness (QED) is 0.772. The molecule has 2 aromatic carbocycles. The molecule has 2 N–H and O–H groups in total. The lowest BCUT2D eigenvalue weighted by Gasteiger charge is -2.23. The Balaban J connectivity index is 1.63. The maximum atomic E-state index is 12.3. The van der Waals surface area contributed by atoms with E-state index in [4.69, 9.17) is 4.74 Å². The number of hydrogen-bond acceptors (Lipinski definition) is 5. The predicted octanol–water partition coefficient (Wildman–Crippen LogP) is 1.46. The number of ether oxygens (including phenoxy) is 1. The van der Waals surface area contributed by atoms with E-state index in [1.54, 1.807) is 42.5 Å². The van der Waals surface area contributed by atoms with Crippen molar-refractivity contribution in [2.24, 2.45) is 0 Å². The third-order valence-electron chi connectivity index (χ3n) is 3.88. The van der Waals surface area contributed by atoms with Crippen LogP contribution in [0.2, 0.25) is 0 Å². The second-order valence-corrected chi connectivity index (χ2v) is 7.80. The summed E-state index contributed by atoms with van der Waals surface area (Å²) in [4.78, 5) is 24.3. The van der Waals surface area contributed by atoms with Crippen LogP contribution in [0.25, 0.3) is 0 Å². The number of esters is 1. The van der Waals surface area contributed by atoms with Gasteiger partial charge in [-0.3, -0.25) is 9.52 Å². The zero-order valence-corrected chi connectivity index (χ0v) is 14.9. The van der Waals surface area contributed by atoms with Crippen LogP contribution in [0.4, 0.5) is 5.69 Å². The fourth-order valence-electron chi connectivity index (χ4n) is 2.74. The zero-order chi connectivity index (χ0) is 18.7. The molecule has 0 spiro atoms. The number of sulfonamides is 1. The Morgan fingerprint density at radius 1 is 1.19 bits per heavy atom. The average molecular weight is 374 g/mol. The van der Waals surface area contributed by atoms with Gasteiger partial charge in [-0.15, -0.1) is 0 Å². The van der Waals surface area contributed by atoms with Gasteiger partial charge in [0.15, 0.2) is 6.10 Å². The molecule has 0 radical (unpaired) electrons. The van der Waals surface area contributed by atoms with Gasteiger partial charge in [-0.25, -0.2) is 13.2 Å². The van der Waals surface area contributed by atoms with Gasteiger partial charge in [-0.1, -0.05) is 30.3 Å². The molecule has 1 aliphatic rings. The number of carbonyl (C=O) groups is 2. The van der Waals surface area contributed by atoms with Gasteiger partial charge in [0, 0.05) is 18.7 Å². The fourth-order valence-corrected chi connectivity index (χ4v) is 3.29. The molecule has 0 saturated heterocycles. The number of fused-ring (bicyclic) bond motifs is 1. The van der Waals surface area contributed by atoms with E-state index in [1.165, 1.54) is 0 Å². The normalized spacial score (nSPS) is 16.3. The van der Waals surface area contributed by atoms with Crippen molar-refractivity contribution in [1.82, 2.24) is 5.32 Å². The van der Waals surface area contributed by atoms with Crippen molar-refractivity contribution in [3.05, 3.63) is 65.2 Å². The second kappa shape index (κ2) is 7.17. The Bertz CT molecular complexity index is 956. The van der Waals surface area contributed by atoms with E-state index in [1.807, 2.05) is 6.07 Å². The first-order valence-electron chi connectivity index (χ1n) is 7.95. The molecule has 1 aliphatic heterocycles. The van der Waals surface area contributed by atoms with Crippen molar-refractivity contribution in [1.29, 1.82) is 0 Å². The molecule has 136 valence electrons. The van der Waals surface area contributed by atoms with Crippen LogP contribution < -0.4 is 10.0 Å². The van der Waals surface area contributed by atoms with Crippen LogP contribution in [0.3, 0.4) is 0 Å². The minimum atomic E-state index is -3.37. The average Bonchev–Trinajstić information content (AvgIpc) is 2.58. The van der Waals surface area contributed by atoms with E-state index in [0.717, 1.165) is 17.4 Å². The second-order valence-electron chi connectivity index (χ2n) is 6.05. The highest BCUT2D eigenvalue weighted by atomic mass is 32.2.